The number of carbonyl (C=O) groups excluding carboxylic acids is 2. The van der Waals surface area contributed by atoms with Crippen molar-refractivity contribution < 1.29 is 14.7 Å². The van der Waals surface area contributed by atoms with Crippen LogP contribution in [0, 0.1) is 0 Å². The maximum absolute atomic E-state index is 11.3. The molecule has 0 saturated heterocycles. The highest BCUT2D eigenvalue weighted by Crippen LogP contribution is 2.19. The number of carbonyl (C=O) groups is 2. The van der Waals surface area contributed by atoms with Crippen molar-refractivity contribution >= 4 is 11.7 Å². The van der Waals surface area contributed by atoms with Crippen molar-refractivity contribution in [3.63, 3.8) is 0 Å². The van der Waals surface area contributed by atoms with Crippen LogP contribution in [-0.4, -0.2) is 33.8 Å². The van der Waals surface area contributed by atoms with E-state index in [1.807, 2.05) is 0 Å². The number of rotatable bonds is 0. The summed E-state index contributed by atoms with van der Waals surface area (Å²) in [6, 6.07) is -0.501. The molecule has 4 heteroatoms. The average molecular weight is 179 g/mol. The van der Waals surface area contributed by atoms with E-state index in [2.05, 4.69) is 0 Å². The number of fused-ring (bicyclic) bond motifs is 1. The molecule has 0 radical (unpaired) electrons. The van der Waals surface area contributed by atoms with Gasteiger partial charge in [0.2, 0.25) is 5.91 Å². The second kappa shape index (κ2) is 2.81. The zero-order valence-electron chi connectivity index (χ0n) is 6.88. The Bertz CT molecular complexity index is 319. The van der Waals surface area contributed by atoms with Crippen LogP contribution < -0.4 is 0 Å². The highest BCUT2D eigenvalue weighted by atomic mass is 16.3. The summed E-state index contributed by atoms with van der Waals surface area (Å²) in [5.74, 6) is -0.434. The predicted octanol–water partition coefficient (Wildman–Crippen LogP) is -0.399. The molecular formula is C9H9NO3. The predicted molar refractivity (Wildman–Crippen MR) is 44.5 cm³/mol. The fourth-order valence-electron chi connectivity index (χ4n) is 1.53. The van der Waals surface area contributed by atoms with Gasteiger partial charge in [-0.15, -0.1) is 0 Å². The lowest BCUT2D eigenvalue weighted by Crippen LogP contribution is -2.50. The van der Waals surface area contributed by atoms with Crippen LogP contribution in [0.4, 0.5) is 0 Å². The first-order chi connectivity index (χ1) is 6.20. The molecule has 2 rings (SSSR count). The van der Waals surface area contributed by atoms with Crippen LogP contribution in [0.25, 0.3) is 0 Å². The number of ketones is 1. The van der Waals surface area contributed by atoms with Crippen molar-refractivity contribution in [2.45, 2.75) is 18.6 Å². The molecule has 2 atom stereocenters. The maximum Gasteiger partial charge on any atom is 0.230 e. The molecule has 68 valence electrons. The first-order valence-corrected chi connectivity index (χ1v) is 4.08. The third-order valence-corrected chi connectivity index (χ3v) is 2.25. The molecule has 0 aromatic carbocycles. The summed E-state index contributed by atoms with van der Waals surface area (Å²) < 4.78 is 0. The third kappa shape index (κ3) is 1.19. The van der Waals surface area contributed by atoms with Gasteiger partial charge in [0.05, 0.1) is 6.04 Å². The van der Waals surface area contributed by atoms with Gasteiger partial charge in [0.25, 0.3) is 0 Å². The fourth-order valence-corrected chi connectivity index (χ4v) is 1.53. The average Bonchev–Trinajstić information content (AvgIpc) is 2.12. The second-order valence-corrected chi connectivity index (χ2v) is 3.09. The summed E-state index contributed by atoms with van der Waals surface area (Å²) in [7, 11) is 0. The topological polar surface area (TPSA) is 57.6 Å². The number of aliphatic hydroxyl groups is 1. The van der Waals surface area contributed by atoms with E-state index >= 15 is 0 Å². The molecule has 0 saturated carbocycles. The van der Waals surface area contributed by atoms with Crippen molar-refractivity contribution in [2.75, 3.05) is 0 Å². The fraction of sp³-hybridized carbons (Fsp3) is 0.333. The minimum atomic E-state index is -1.11. The Labute approximate surface area is 75.1 Å². The second-order valence-electron chi connectivity index (χ2n) is 3.09. The van der Waals surface area contributed by atoms with E-state index in [9.17, 15) is 14.7 Å². The molecule has 2 heterocycles. The van der Waals surface area contributed by atoms with Crippen molar-refractivity contribution in [1.82, 2.24) is 4.90 Å². The van der Waals surface area contributed by atoms with Gasteiger partial charge in [-0.25, -0.2) is 0 Å². The van der Waals surface area contributed by atoms with Gasteiger partial charge in [-0.2, -0.15) is 0 Å². The molecule has 2 aliphatic rings. The SMILES string of the molecule is O=C1C=CN2C(=O)CC=C[C@@H]2[C@@H]1O. The minimum Gasteiger partial charge on any atom is -0.382 e. The molecule has 1 amide bonds. The molecule has 13 heavy (non-hydrogen) atoms. The summed E-state index contributed by atoms with van der Waals surface area (Å²) in [5, 5.41) is 9.44. The number of hydrogen-bond acceptors (Lipinski definition) is 3. The Morgan fingerprint density at radius 2 is 2.23 bits per heavy atom. The Balaban J connectivity index is 2.36. The normalized spacial score (nSPS) is 32.2. The largest absolute Gasteiger partial charge is 0.382 e. The Hall–Kier alpha value is -1.42. The lowest BCUT2D eigenvalue weighted by molar-refractivity contribution is -0.135. The van der Waals surface area contributed by atoms with Gasteiger partial charge in [0.15, 0.2) is 5.78 Å². The minimum absolute atomic E-state index is 0.0877. The lowest BCUT2D eigenvalue weighted by Gasteiger charge is -2.34. The highest BCUT2D eigenvalue weighted by Gasteiger charge is 2.34. The van der Waals surface area contributed by atoms with E-state index in [0.29, 0.717) is 6.42 Å². The van der Waals surface area contributed by atoms with Gasteiger partial charge in [0.1, 0.15) is 6.10 Å². The molecule has 0 aliphatic carbocycles. The Morgan fingerprint density at radius 3 is 3.00 bits per heavy atom. The molecule has 0 aromatic rings. The van der Waals surface area contributed by atoms with Gasteiger partial charge in [0, 0.05) is 18.7 Å². The van der Waals surface area contributed by atoms with Crippen LogP contribution in [0.2, 0.25) is 0 Å². The molecular weight excluding hydrogens is 170 g/mol. The van der Waals surface area contributed by atoms with E-state index in [0.717, 1.165) is 0 Å². The van der Waals surface area contributed by atoms with E-state index < -0.39 is 12.1 Å². The van der Waals surface area contributed by atoms with Crippen molar-refractivity contribution in [3.05, 3.63) is 24.4 Å². The molecule has 0 fully saturated rings. The van der Waals surface area contributed by atoms with E-state index in [1.54, 1.807) is 12.2 Å². The van der Waals surface area contributed by atoms with E-state index in [-0.39, 0.29) is 11.7 Å². The van der Waals surface area contributed by atoms with Crippen molar-refractivity contribution in [1.29, 1.82) is 0 Å². The van der Waals surface area contributed by atoms with Gasteiger partial charge >= 0.3 is 0 Å². The van der Waals surface area contributed by atoms with Gasteiger partial charge in [-0.3, -0.25) is 9.59 Å². The number of amides is 1. The molecule has 1 N–H and O–H groups in total. The lowest BCUT2D eigenvalue weighted by atomic mass is 9.98. The van der Waals surface area contributed by atoms with Crippen LogP contribution in [0.3, 0.4) is 0 Å². The molecule has 2 aliphatic heterocycles. The molecule has 0 aromatic heterocycles. The van der Waals surface area contributed by atoms with Crippen LogP contribution in [-0.2, 0) is 9.59 Å². The standard InChI is InChI=1S/C9H9NO3/c11-7-4-5-10-6(9(7)13)2-1-3-8(10)12/h1-2,4-6,9,13H,3H2/t6-,9+/m1/s1. The van der Waals surface area contributed by atoms with E-state index in [1.165, 1.54) is 17.2 Å². The summed E-state index contributed by atoms with van der Waals surface area (Å²) in [6.45, 7) is 0. The van der Waals surface area contributed by atoms with E-state index in [4.69, 9.17) is 0 Å². The van der Waals surface area contributed by atoms with Crippen LogP contribution in [0.15, 0.2) is 24.4 Å². The summed E-state index contributed by atoms with van der Waals surface area (Å²) in [5.41, 5.74) is 0. The first kappa shape index (κ1) is 8.19. The summed E-state index contributed by atoms with van der Waals surface area (Å²) in [4.78, 5) is 23.7. The molecule has 4 nitrogen and oxygen atoms in total. The zero-order chi connectivity index (χ0) is 9.42. The number of hydrogen-bond donors (Lipinski definition) is 1. The number of nitrogens with zero attached hydrogens (tertiary/aromatic N) is 1. The quantitative estimate of drug-likeness (QED) is 0.515. The van der Waals surface area contributed by atoms with Crippen LogP contribution in [0.5, 0.6) is 0 Å². The first-order valence-electron chi connectivity index (χ1n) is 4.08. The van der Waals surface area contributed by atoms with Crippen molar-refractivity contribution in [3.8, 4) is 0 Å². The molecule has 0 bridgehead atoms. The summed E-state index contributed by atoms with van der Waals surface area (Å²) >= 11 is 0. The molecule has 0 unspecified atom stereocenters. The van der Waals surface area contributed by atoms with Crippen LogP contribution >= 0.6 is 0 Å². The van der Waals surface area contributed by atoms with Crippen LogP contribution in [0.1, 0.15) is 6.42 Å². The maximum atomic E-state index is 11.3. The summed E-state index contributed by atoms with van der Waals surface area (Å²) in [6.07, 6.45) is 5.27. The molecule has 0 spiro atoms. The smallest absolute Gasteiger partial charge is 0.230 e. The Kier molecular flexibility index (Phi) is 1.77. The third-order valence-electron chi connectivity index (χ3n) is 2.25. The monoisotopic (exact) mass is 179 g/mol. The van der Waals surface area contributed by atoms with Gasteiger partial charge < -0.3 is 10.0 Å². The highest BCUT2D eigenvalue weighted by molar-refractivity contribution is 5.97. The van der Waals surface area contributed by atoms with Crippen molar-refractivity contribution in [2.24, 2.45) is 0 Å². The van der Waals surface area contributed by atoms with Gasteiger partial charge in [-0.1, -0.05) is 12.2 Å². The zero-order valence-corrected chi connectivity index (χ0v) is 6.88. The van der Waals surface area contributed by atoms with Gasteiger partial charge in [-0.05, 0) is 0 Å². The Morgan fingerprint density at radius 1 is 1.46 bits per heavy atom. The number of aliphatic hydroxyl groups excluding tert-OH is 1.